The number of nitrogens with one attached hydrogen (secondary N) is 1. The minimum absolute atomic E-state index is 0.213. The van der Waals surface area contributed by atoms with E-state index in [-0.39, 0.29) is 5.91 Å². The van der Waals surface area contributed by atoms with Crippen LogP contribution in [0.5, 0.6) is 0 Å². The molecule has 0 aliphatic carbocycles. The third kappa shape index (κ3) is 3.40. The van der Waals surface area contributed by atoms with Crippen LogP contribution in [-0.4, -0.2) is 22.4 Å². The minimum Gasteiger partial charge on any atom is -0.320 e. The molecule has 5 nitrogen and oxygen atoms in total. The van der Waals surface area contributed by atoms with Gasteiger partial charge in [0, 0.05) is 23.6 Å². The molecule has 0 bridgehead atoms. The molecule has 0 radical (unpaired) electrons. The Bertz CT molecular complexity index is 999. The van der Waals surface area contributed by atoms with Crippen molar-refractivity contribution in [2.45, 2.75) is 26.7 Å². The number of amides is 1. The molecule has 2 heterocycles. The lowest BCUT2D eigenvalue weighted by molar-refractivity contribution is 0.102. The fourth-order valence-corrected chi connectivity index (χ4v) is 3.47. The first-order chi connectivity index (χ1) is 13.2. The van der Waals surface area contributed by atoms with Gasteiger partial charge in [0.2, 0.25) is 5.95 Å². The first-order valence-corrected chi connectivity index (χ1v) is 9.26. The molecule has 0 spiro atoms. The molecular formula is C22H22N4O. The molecule has 4 rings (SSSR count). The predicted molar refractivity (Wildman–Crippen MR) is 108 cm³/mol. The summed E-state index contributed by atoms with van der Waals surface area (Å²) < 4.78 is 0. The van der Waals surface area contributed by atoms with E-state index in [9.17, 15) is 4.79 Å². The second-order valence-electron chi connectivity index (χ2n) is 6.69. The second-order valence-corrected chi connectivity index (χ2v) is 6.69. The van der Waals surface area contributed by atoms with E-state index in [1.165, 1.54) is 5.56 Å². The maximum Gasteiger partial charge on any atom is 0.274 e. The van der Waals surface area contributed by atoms with E-state index in [1.54, 1.807) is 6.07 Å². The number of carbonyl (C=O) groups excluding carboxylic acids is 1. The van der Waals surface area contributed by atoms with Crippen LogP contribution in [0.2, 0.25) is 0 Å². The van der Waals surface area contributed by atoms with Gasteiger partial charge in [-0.05, 0) is 49.1 Å². The van der Waals surface area contributed by atoms with Crippen LogP contribution in [0.15, 0.2) is 54.6 Å². The zero-order chi connectivity index (χ0) is 18.8. The van der Waals surface area contributed by atoms with Crippen LogP contribution < -0.4 is 10.2 Å². The average Bonchev–Trinajstić information content (AvgIpc) is 3.12. The summed E-state index contributed by atoms with van der Waals surface area (Å²) in [5.41, 5.74) is 5.49. The number of fused-ring (bicyclic) bond motifs is 1. The van der Waals surface area contributed by atoms with Crippen LogP contribution >= 0.6 is 0 Å². The number of carbonyl (C=O) groups is 1. The third-order valence-electron chi connectivity index (χ3n) is 4.85. The van der Waals surface area contributed by atoms with Gasteiger partial charge in [0.05, 0.1) is 0 Å². The normalized spacial score (nSPS) is 12.7. The van der Waals surface area contributed by atoms with Crippen LogP contribution in [-0.2, 0) is 12.8 Å². The van der Waals surface area contributed by atoms with Gasteiger partial charge in [0.1, 0.15) is 5.69 Å². The molecule has 0 saturated carbocycles. The van der Waals surface area contributed by atoms with Crippen molar-refractivity contribution >= 4 is 23.2 Å². The number of anilines is 3. The highest BCUT2D eigenvalue weighted by Crippen LogP contribution is 2.32. The topological polar surface area (TPSA) is 58.1 Å². The van der Waals surface area contributed by atoms with Crippen molar-refractivity contribution in [1.29, 1.82) is 0 Å². The van der Waals surface area contributed by atoms with Gasteiger partial charge in [-0.3, -0.25) is 4.79 Å². The first-order valence-electron chi connectivity index (χ1n) is 9.26. The summed E-state index contributed by atoms with van der Waals surface area (Å²) in [6.45, 7) is 4.79. The average molecular weight is 358 g/mol. The van der Waals surface area contributed by atoms with Crippen molar-refractivity contribution in [3.05, 3.63) is 77.1 Å². The number of aryl methyl sites for hydroxylation is 2. The predicted octanol–water partition coefficient (Wildman–Crippen LogP) is 4.29. The molecular weight excluding hydrogens is 336 g/mol. The van der Waals surface area contributed by atoms with E-state index in [0.29, 0.717) is 11.6 Å². The van der Waals surface area contributed by atoms with Crippen LogP contribution in [0.4, 0.5) is 17.3 Å². The highest BCUT2D eigenvalue weighted by molar-refractivity contribution is 6.03. The van der Waals surface area contributed by atoms with Crippen molar-refractivity contribution in [2.24, 2.45) is 0 Å². The number of nitrogens with zero attached hydrogens (tertiary/aromatic N) is 3. The molecule has 3 aromatic rings. The molecule has 136 valence electrons. The Morgan fingerprint density at radius 3 is 2.74 bits per heavy atom. The lowest BCUT2D eigenvalue weighted by Gasteiger charge is -2.18. The Kier molecular flexibility index (Phi) is 4.59. The van der Waals surface area contributed by atoms with Crippen molar-refractivity contribution in [1.82, 2.24) is 9.97 Å². The Balaban J connectivity index is 1.64. The number of rotatable bonds is 4. The Labute approximate surface area is 159 Å². The van der Waals surface area contributed by atoms with E-state index in [4.69, 9.17) is 0 Å². The standard InChI is InChI=1S/C22H22N4O/c1-3-16-8-4-6-10-18(16)24-21(27)19-14-15(2)23-22(25-19)26-13-12-17-9-5-7-11-20(17)26/h4-11,14H,3,12-13H2,1-2H3,(H,24,27). The van der Waals surface area contributed by atoms with E-state index < -0.39 is 0 Å². The summed E-state index contributed by atoms with van der Waals surface area (Å²) >= 11 is 0. The Morgan fingerprint density at radius 1 is 1.11 bits per heavy atom. The highest BCUT2D eigenvalue weighted by atomic mass is 16.1. The molecule has 27 heavy (non-hydrogen) atoms. The smallest absolute Gasteiger partial charge is 0.274 e. The fraction of sp³-hybridized carbons (Fsp3) is 0.227. The van der Waals surface area contributed by atoms with Crippen LogP contribution in [0.25, 0.3) is 0 Å². The van der Waals surface area contributed by atoms with E-state index in [2.05, 4.69) is 39.2 Å². The van der Waals surface area contributed by atoms with Crippen molar-refractivity contribution in [3.63, 3.8) is 0 Å². The zero-order valence-electron chi connectivity index (χ0n) is 15.6. The van der Waals surface area contributed by atoms with Crippen molar-refractivity contribution in [2.75, 3.05) is 16.8 Å². The molecule has 0 fully saturated rings. The van der Waals surface area contributed by atoms with Crippen LogP contribution in [0, 0.1) is 6.92 Å². The van der Waals surface area contributed by atoms with Gasteiger partial charge in [0.15, 0.2) is 0 Å². The van der Waals surface area contributed by atoms with E-state index >= 15 is 0 Å². The minimum atomic E-state index is -0.213. The van der Waals surface area contributed by atoms with E-state index in [0.717, 1.165) is 42.0 Å². The molecule has 0 unspecified atom stereocenters. The maximum atomic E-state index is 12.8. The molecule has 2 aromatic carbocycles. The Hall–Kier alpha value is -3.21. The number of benzene rings is 2. The van der Waals surface area contributed by atoms with Gasteiger partial charge in [-0.25, -0.2) is 9.97 Å². The molecule has 1 N–H and O–H groups in total. The summed E-state index contributed by atoms with van der Waals surface area (Å²) in [5.74, 6) is 0.365. The molecule has 1 aliphatic rings. The number of hydrogen-bond acceptors (Lipinski definition) is 4. The lowest BCUT2D eigenvalue weighted by atomic mass is 10.1. The molecule has 5 heteroatoms. The quantitative estimate of drug-likeness (QED) is 0.756. The molecule has 0 atom stereocenters. The second kappa shape index (κ2) is 7.19. The summed E-state index contributed by atoms with van der Waals surface area (Å²) in [4.78, 5) is 24.1. The van der Waals surface area contributed by atoms with Gasteiger partial charge in [-0.2, -0.15) is 0 Å². The van der Waals surface area contributed by atoms with Crippen LogP contribution in [0.1, 0.15) is 34.2 Å². The van der Waals surface area contributed by atoms with Gasteiger partial charge in [0.25, 0.3) is 5.91 Å². The molecule has 1 aliphatic heterocycles. The van der Waals surface area contributed by atoms with E-state index in [1.807, 2.05) is 43.3 Å². The monoisotopic (exact) mass is 358 g/mol. The van der Waals surface area contributed by atoms with Gasteiger partial charge in [-0.1, -0.05) is 43.3 Å². The largest absolute Gasteiger partial charge is 0.320 e. The summed E-state index contributed by atoms with van der Waals surface area (Å²) in [6, 6.07) is 17.8. The Morgan fingerprint density at radius 2 is 1.89 bits per heavy atom. The SMILES string of the molecule is CCc1ccccc1NC(=O)c1cc(C)nc(N2CCc3ccccc32)n1. The fourth-order valence-electron chi connectivity index (χ4n) is 3.47. The number of aromatic nitrogens is 2. The van der Waals surface area contributed by atoms with Crippen molar-refractivity contribution in [3.8, 4) is 0 Å². The summed E-state index contributed by atoms with van der Waals surface area (Å²) in [5, 5.41) is 2.99. The van der Waals surface area contributed by atoms with Gasteiger partial charge >= 0.3 is 0 Å². The third-order valence-corrected chi connectivity index (χ3v) is 4.85. The number of hydrogen-bond donors (Lipinski definition) is 1. The molecule has 1 aromatic heterocycles. The maximum absolute atomic E-state index is 12.8. The lowest BCUT2D eigenvalue weighted by Crippen LogP contribution is -2.21. The highest BCUT2D eigenvalue weighted by Gasteiger charge is 2.23. The first kappa shape index (κ1) is 17.2. The zero-order valence-corrected chi connectivity index (χ0v) is 15.6. The van der Waals surface area contributed by atoms with Gasteiger partial charge < -0.3 is 10.2 Å². The van der Waals surface area contributed by atoms with Gasteiger partial charge in [-0.15, -0.1) is 0 Å². The summed E-state index contributed by atoms with van der Waals surface area (Å²) in [7, 11) is 0. The number of para-hydroxylation sites is 2. The summed E-state index contributed by atoms with van der Waals surface area (Å²) in [6.07, 6.45) is 1.81. The van der Waals surface area contributed by atoms with Crippen molar-refractivity contribution < 1.29 is 4.79 Å². The van der Waals surface area contributed by atoms with Crippen LogP contribution in [0.3, 0.4) is 0 Å². The molecule has 1 amide bonds. The molecule has 0 saturated heterocycles.